The van der Waals surface area contributed by atoms with Gasteiger partial charge in [0.2, 0.25) is 0 Å². The van der Waals surface area contributed by atoms with Crippen LogP contribution in [0.3, 0.4) is 0 Å². The maximum absolute atomic E-state index is 12.4. The van der Waals surface area contributed by atoms with Crippen molar-refractivity contribution in [3.63, 3.8) is 0 Å². The zero-order valence-corrected chi connectivity index (χ0v) is 14.9. The number of rotatable bonds is 5. The van der Waals surface area contributed by atoms with Gasteiger partial charge in [0.15, 0.2) is 0 Å². The van der Waals surface area contributed by atoms with E-state index < -0.39 is 16.8 Å². The molecule has 28 heavy (non-hydrogen) atoms. The van der Waals surface area contributed by atoms with Crippen molar-refractivity contribution in [2.24, 2.45) is 5.92 Å². The largest absolute Gasteiger partial charge is 0.481 e. The van der Waals surface area contributed by atoms with Gasteiger partial charge >= 0.3 is 12.0 Å². The van der Waals surface area contributed by atoms with Crippen molar-refractivity contribution in [3.8, 4) is 11.5 Å². The normalized spacial score (nSPS) is 16.3. The monoisotopic (exact) mass is 385 g/mol. The van der Waals surface area contributed by atoms with Crippen molar-refractivity contribution >= 4 is 23.4 Å². The van der Waals surface area contributed by atoms with E-state index in [1.165, 1.54) is 29.2 Å². The Hall–Kier alpha value is -3.62. The predicted octanol–water partition coefficient (Wildman–Crippen LogP) is 3.72. The molecule has 0 bridgehead atoms. The lowest BCUT2D eigenvalue weighted by Crippen LogP contribution is -2.44. The number of carboxylic acid groups (broad SMARTS) is 1. The highest BCUT2D eigenvalue weighted by molar-refractivity contribution is 5.90. The van der Waals surface area contributed by atoms with E-state index in [-0.39, 0.29) is 18.3 Å². The molecule has 9 nitrogen and oxygen atoms in total. The number of likely N-dealkylation sites (tertiary alicyclic amines) is 1. The molecular weight excluding hydrogens is 366 g/mol. The number of carboxylic acids is 1. The van der Waals surface area contributed by atoms with Crippen LogP contribution < -0.4 is 10.1 Å². The van der Waals surface area contributed by atoms with E-state index >= 15 is 0 Å². The molecule has 1 aliphatic rings. The first-order chi connectivity index (χ1) is 13.4. The van der Waals surface area contributed by atoms with Crippen LogP contribution in [0.4, 0.5) is 16.2 Å². The first kappa shape index (κ1) is 19.2. The van der Waals surface area contributed by atoms with E-state index in [1.54, 1.807) is 24.3 Å². The molecule has 1 heterocycles. The molecule has 2 aromatic carbocycles. The zero-order valence-electron chi connectivity index (χ0n) is 14.9. The number of nitrogens with zero attached hydrogens (tertiary/aromatic N) is 2. The number of nitro benzene ring substituents is 1. The second-order valence-electron chi connectivity index (χ2n) is 6.43. The van der Waals surface area contributed by atoms with E-state index in [0.717, 1.165) is 0 Å². The Morgan fingerprint density at radius 2 is 1.93 bits per heavy atom. The summed E-state index contributed by atoms with van der Waals surface area (Å²) >= 11 is 0. The summed E-state index contributed by atoms with van der Waals surface area (Å²) < 4.78 is 5.66. The highest BCUT2D eigenvalue weighted by Crippen LogP contribution is 2.26. The lowest BCUT2D eigenvalue weighted by Gasteiger charge is -2.30. The highest BCUT2D eigenvalue weighted by Gasteiger charge is 2.28. The van der Waals surface area contributed by atoms with Crippen LogP contribution in [0.15, 0.2) is 48.5 Å². The van der Waals surface area contributed by atoms with Crippen LogP contribution in [-0.2, 0) is 4.79 Å². The number of anilines is 1. The number of hydrogen-bond donors (Lipinski definition) is 2. The Balaban J connectivity index is 1.63. The van der Waals surface area contributed by atoms with Crippen LogP contribution in [0.5, 0.6) is 11.5 Å². The third-order valence-electron chi connectivity index (χ3n) is 4.43. The predicted molar refractivity (Wildman–Crippen MR) is 101 cm³/mol. The summed E-state index contributed by atoms with van der Waals surface area (Å²) in [6.45, 7) is 0.689. The van der Waals surface area contributed by atoms with E-state index in [1.807, 2.05) is 0 Å². The molecule has 1 atom stereocenters. The van der Waals surface area contributed by atoms with Gasteiger partial charge in [0.1, 0.15) is 11.5 Å². The first-order valence-electron chi connectivity index (χ1n) is 8.73. The van der Waals surface area contributed by atoms with Crippen molar-refractivity contribution in [1.82, 2.24) is 4.90 Å². The molecular formula is C19H19N3O6. The van der Waals surface area contributed by atoms with E-state index in [2.05, 4.69) is 5.32 Å². The third-order valence-corrected chi connectivity index (χ3v) is 4.43. The lowest BCUT2D eigenvalue weighted by molar-refractivity contribution is -0.384. The number of nitrogens with one attached hydrogen (secondary N) is 1. The number of carbonyl (C=O) groups is 2. The van der Waals surface area contributed by atoms with Crippen LogP contribution in [0.2, 0.25) is 0 Å². The minimum absolute atomic E-state index is 0.0328. The first-order valence-corrected chi connectivity index (χ1v) is 8.73. The van der Waals surface area contributed by atoms with Gasteiger partial charge in [-0.25, -0.2) is 4.79 Å². The molecule has 0 aromatic heterocycles. The van der Waals surface area contributed by atoms with Crippen molar-refractivity contribution in [1.29, 1.82) is 0 Å². The van der Waals surface area contributed by atoms with Gasteiger partial charge in [0.25, 0.3) is 5.69 Å². The lowest BCUT2D eigenvalue weighted by atomic mass is 9.99. The molecule has 1 aliphatic heterocycles. The van der Waals surface area contributed by atoms with Crippen molar-refractivity contribution in [2.75, 3.05) is 18.4 Å². The van der Waals surface area contributed by atoms with Crippen molar-refractivity contribution in [3.05, 3.63) is 58.6 Å². The topological polar surface area (TPSA) is 122 Å². The van der Waals surface area contributed by atoms with Gasteiger partial charge in [-0.3, -0.25) is 14.9 Å². The second kappa shape index (κ2) is 8.38. The molecule has 0 spiro atoms. The Labute approximate surface area is 160 Å². The maximum Gasteiger partial charge on any atom is 0.321 e. The fourth-order valence-electron chi connectivity index (χ4n) is 2.98. The van der Waals surface area contributed by atoms with Gasteiger partial charge in [-0.2, -0.15) is 0 Å². The van der Waals surface area contributed by atoms with Gasteiger partial charge in [-0.15, -0.1) is 0 Å². The average Bonchev–Trinajstić information content (AvgIpc) is 2.68. The summed E-state index contributed by atoms with van der Waals surface area (Å²) in [6, 6.07) is 12.0. The molecule has 0 radical (unpaired) electrons. The second-order valence-corrected chi connectivity index (χ2v) is 6.43. The van der Waals surface area contributed by atoms with E-state index in [0.29, 0.717) is 36.6 Å². The molecule has 3 rings (SSSR count). The number of hydrogen-bond acceptors (Lipinski definition) is 5. The minimum atomic E-state index is -0.893. The number of benzene rings is 2. The number of aliphatic carboxylic acids is 1. The van der Waals surface area contributed by atoms with Crippen LogP contribution >= 0.6 is 0 Å². The summed E-state index contributed by atoms with van der Waals surface area (Å²) in [7, 11) is 0. The van der Waals surface area contributed by atoms with Gasteiger partial charge in [-0.05, 0) is 37.1 Å². The number of piperidine rings is 1. The van der Waals surface area contributed by atoms with E-state index in [9.17, 15) is 19.7 Å². The van der Waals surface area contributed by atoms with Crippen LogP contribution in [0.1, 0.15) is 12.8 Å². The number of carbonyl (C=O) groups excluding carboxylic acids is 1. The maximum atomic E-state index is 12.4. The summed E-state index contributed by atoms with van der Waals surface area (Å²) in [6.07, 6.45) is 1.21. The fourth-order valence-corrected chi connectivity index (χ4v) is 2.98. The Kier molecular flexibility index (Phi) is 5.73. The Morgan fingerprint density at radius 3 is 2.61 bits per heavy atom. The average molecular weight is 385 g/mol. The minimum Gasteiger partial charge on any atom is -0.481 e. The number of non-ortho nitro benzene ring substituents is 1. The van der Waals surface area contributed by atoms with Gasteiger partial charge < -0.3 is 20.1 Å². The molecule has 1 fully saturated rings. The number of amides is 2. The summed E-state index contributed by atoms with van der Waals surface area (Å²) in [4.78, 5) is 35.3. The molecule has 1 saturated heterocycles. The molecule has 9 heteroatoms. The van der Waals surface area contributed by atoms with Gasteiger partial charge in [0, 0.05) is 37.0 Å². The van der Waals surface area contributed by atoms with Crippen LogP contribution in [-0.4, -0.2) is 40.0 Å². The van der Waals surface area contributed by atoms with Crippen molar-refractivity contribution in [2.45, 2.75) is 12.8 Å². The molecule has 2 aromatic rings. The van der Waals surface area contributed by atoms with Gasteiger partial charge in [-0.1, -0.05) is 6.07 Å². The van der Waals surface area contributed by atoms with Crippen LogP contribution in [0.25, 0.3) is 0 Å². The molecule has 2 amide bonds. The summed E-state index contributed by atoms with van der Waals surface area (Å²) in [5.74, 6) is -0.560. The molecule has 146 valence electrons. The summed E-state index contributed by atoms with van der Waals surface area (Å²) in [5, 5.41) is 22.6. The zero-order chi connectivity index (χ0) is 20.1. The Morgan fingerprint density at radius 1 is 1.18 bits per heavy atom. The number of ether oxygens (including phenoxy) is 1. The van der Waals surface area contributed by atoms with Crippen LogP contribution in [0, 0.1) is 16.0 Å². The molecule has 0 saturated carbocycles. The number of nitro groups is 1. The smallest absolute Gasteiger partial charge is 0.321 e. The molecule has 2 N–H and O–H groups in total. The highest BCUT2D eigenvalue weighted by atomic mass is 16.6. The summed E-state index contributed by atoms with van der Waals surface area (Å²) in [5.41, 5.74) is 0.469. The molecule has 1 unspecified atom stereocenters. The quantitative estimate of drug-likeness (QED) is 0.597. The SMILES string of the molecule is O=C(O)C1CCCN(C(=O)Nc2cccc(Oc3ccc([N+](=O)[O-])cc3)c2)C1. The number of urea groups is 1. The standard InChI is InChI=1S/C19H19N3O6/c23-18(24)13-3-2-10-21(12-13)19(25)20-14-4-1-5-17(11-14)28-16-8-6-15(7-9-16)22(26)27/h1,4-9,11,13H,2-3,10,12H2,(H,20,25)(H,23,24). The van der Waals surface area contributed by atoms with Crippen molar-refractivity contribution < 1.29 is 24.4 Å². The van der Waals surface area contributed by atoms with Gasteiger partial charge in [0.05, 0.1) is 10.8 Å². The fraction of sp³-hybridized carbons (Fsp3) is 0.263. The molecule has 0 aliphatic carbocycles. The van der Waals surface area contributed by atoms with E-state index in [4.69, 9.17) is 9.84 Å². The Bertz CT molecular complexity index is 883. The third kappa shape index (κ3) is 4.76.